The Morgan fingerprint density at radius 3 is 3.08 bits per heavy atom. The number of carbonyl (C=O) groups is 1. The maximum absolute atomic E-state index is 11.1. The van der Waals surface area contributed by atoms with Crippen LogP contribution in [0.15, 0.2) is 18.5 Å². The van der Waals surface area contributed by atoms with Crippen LogP contribution >= 0.6 is 11.6 Å². The van der Waals surface area contributed by atoms with Gasteiger partial charge in [-0.2, -0.15) is 0 Å². The van der Waals surface area contributed by atoms with Crippen LogP contribution in [0.1, 0.15) is 19.8 Å². The first-order valence-electron chi connectivity index (χ1n) is 4.04. The van der Waals surface area contributed by atoms with Gasteiger partial charge in [-0.1, -0.05) is 18.5 Å². The number of halogens is 1. The van der Waals surface area contributed by atoms with Gasteiger partial charge in [0.25, 0.3) is 0 Å². The Morgan fingerprint density at radius 2 is 2.46 bits per heavy atom. The van der Waals surface area contributed by atoms with E-state index in [0.29, 0.717) is 17.2 Å². The van der Waals surface area contributed by atoms with E-state index in [9.17, 15) is 4.79 Å². The molecule has 13 heavy (non-hydrogen) atoms. The van der Waals surface area contributed by atoms with Gasteiger partial charge in [-0.05, 0) is 6.42 Å². The van der Waals surface area contributed by atoms with Gasteiger partial charge in [0, 0.05) is 24.9 Å². The fourth-order valence-electron chi connectivity index (χ4n) is 0.823. The second kappa shape index (κ2) is 4.82. The van der Waals surface area contributed by atoms with Crippen LogP contribution in [0.2, 0.25) is 5.02 Å². The van der Waals surface area contributed by atoms with Crippen LogP contribution in [0.25, 0.3) is 0 Å². The maximum atomic E-state index is 11.1. The van der Waals surface area contributed by atoms with Crippen LogP contribution in [-0.2, 0) is 4.79 Å². The molecule has 1 aromatic rings. The summed E-state index contributed by atoms with van der Waals surface area (Å²) < 4.78 is 4.97. The highest BCUT2D eigenvalue weighted by atomic mass is 35.5. The van der Waals surface area contributed by atoms with E-state index in [-0.39, 0.29) is 5.97 Å². The predicted octanol–water partition coefficient (Wildman–Crippen LogP) is 2.44. The average molecular weight is 200 g/mol. The van der Waals surface area contributed by atoms with Crippen molar-refractivity contribution in [2.24, 2.45) is 0 Å². The van der Waals surface area contributed by atoms with Crippen molar-refractivity contribution >= 4 is 17.6 Å². The number of nitrogens with zero attached hydrogens (tertiary/aromatic N) is 1. The number of hydrogen-bond acceptors (Lipinski definition) is 3. The summed E-state index contributed by atoms with van der Waals surface area (Å²) in [6.45, 7) is 1.91. The molecule has 0 radical (unpaired) electrons. The molecule has 0 unspecified atom stereocenters. The minimum atomic E-state index is -0.268. The highest BCUT2D eigenvalue weighted by Crippen LogP contribution is 2.22. The standard InChI is InChI=1S/C9H10ClNO2/c1-2-3-9(12)13-8-4-5-11-6-7(8)10/h4-6H,2-3H2,1H3. The van der Waals surface area contributed by atoms with Crippen LogP contribution in [-0.4, -0.2) is 11.0 Å². The summed E-state index contributed by atoms with van der Waals surface area (Å²) in [5.41, 5.74) is 0. The summed E-state index contributed by atoms with van der Waals surface area (Å²) in [6, 6.07) is 1.57. The summed E-state index contributed by atoms with van der Waals surface area (Å²) in [5, 5.41) is 0.354. The van der Waals surface area contributed by atoms with E-state index in [1.165, 1.54) is 12.4 Å². The van der Waals surface area contributed by atoms with Crippen LogP contribution < -0.4 is 4.74 Å². The summed E-state index contributed by atoms with van der Waals surface area (Å²) in [5.74, 6) is 0.103. The van der Waals surface area contributed by atoms with E-state index in [0.717, 1.165) is 6.42 Å². The smallest absolute Gasteiger partial charge is 0.311 e. The van der Waals surface area contributed by atoms with Gasteiger partial charge in [-0.3, -0.25) is 9.78 Å². The Kier molecular flexibility index (Phi) is 3.71. The number of carbonyl (C=O) groups excluding carboxylic acids is 1. The lowest BCUT2D eigenvalue weighted by Crippen LogP contribution is -2.07. The molecule has 0 aliphatic carbocycles. The molecule has 70 valence electrons. The van der Waals surface area contributed by atoms with E-state index < -0.39 is 0 Å². The molecule has 0 aliphatic heterocycles. The van der Waals surface area contributed by atoms with Crippen LogP contribution in [0.3, 0.4) is 0 Å². The lowest BCUT2D eigenvalue weighted by atomic mass is 10.3. The monoisotopic (exact) mass is 199 g/mol. The number of hydrogen-bond donors (Lipinski definition) is 0. The maximum Gasteiger partial charge on any atom is 0.311 e. The third kappa shape index (κ3) is 3.03. The molecule has 1 rings (SSSR count). The number of pyridine rings is 1. The van der Waals surface area contributed by atoms with Crippen molar-refractivity contribution in [3.05, 3.63) is 23.5 Å². The number of rotatable bonds is 3. The molecule has 0 saturated carbocycles. The molecular formula is C9H10ClNO2. The van der Waals surface area contributed by atoms with E-state index in [1.807, 2.05) is 6.92 Å². The molecule has 0 aromatic carbocycles. The minimum absolute atomic E-state index is 0.268. The molecule has 0 aliphatic rings. The molecule has 4 heteroatoms. The van der Waals surface area contributed by atoms with Crippen molar-refractivity contribution in [1.29, 1.82) is 0 Å². The molecule has 0 fully saturated rings. The number of ether oxygens (including phenoxy) is 1. The Labute approximate surface area is 81.7 Å². The molecule has 0 bridgehead atoms. The van der Waals surface area contributed by atoms with Crippen LogP contribution in [0, 0.1) is 0 Å². The molecule has 1 aromatic heterocycles. The topological polar surface area (TPSA) is 39.2 Å². The largest absolute Gasteiger partial charge is 0.425 e. The van der Waals surface area contributed by atoms with Crippen LogP contribution in [0.4, 0.5) is 0 Å². The SMILES string of the molecule is CCCC(=O)Oc1ccncc1Cl. The minimum Gasteiger partial charge on any atom is -0.425 e. The van der Waals surface area contributed by atoms with E-state index in [1.54, 1.807) is 6.07 Å². The van der Waals surface area contributed by atoms with Gasteiger partial charge < -0.3 is 4.74 Å². The van der Waals surface area contributed by atoms with Crippen molar-refractivity contribution < 1.29 is 9.53 Å². The molecular weight excluding hydrogens is 190 g/mol. The van der Waals surface area contributed by atoms with Crippen molar-refractivity contribution in [3.8, 4) is 5.75 Å². The molecule has 0 spiro atoms. The van der Waals surface area contributed by atoms with Gasteiger partial charge in [0.2, 0.25) is 0 Å². The van der Waals surface area contributed by atoms with Gasteiger partial charge in [-0.25, -0.2) is 0 Å². The van der Waals surface area contributed by atoms with Gasteiger partial charge in [0.1, 0.15) is 5.02 Å². The highest BCUT2D eigenvalue weighted by molar-refractivity contribution is 6.32. The molecule has 1 heterocycles. The van der Waals surface area contributed by atoms with Crippen molar-refractivity contribution in [1.82, 2.24) is 4.98 Å². The normalized spacial score (nSPS) is 9.69. The molecule has 0 atom stereocenters. The van der Waals surface area contributed by atoms with Crippen LogP contribution in [0.5, 0.6) is 5.75 Å². The Balaban J connectivity index is 2.63. The molecule has 0 amide bonds. The summed E-state index contributed by atoms with van der Waals surface area (Å²) >= 11 is 5.73. The first kappa shape index (κ1) is 9.99. The Morgan fingerprint density at radius 1 is 1.69 bits per heavy atom. The van der Waals surface area contributed by atoms with E-state index in [4.69, 9.17) is 16.3 Å². The number of esters is 1. The Hall–Kier alpha value is -1.09. The Bertz CT molecular complexity index is 301. The lowest BCUT2D eigenvalue weighted by Gasteiger charge is -2.03. The van der Waals surface area contributed by atoms with E-state index >= 15 is 0 Å². The third-order valence-electron chi connectivity index (χ3n) is 1.41. The van der Waals surface area contributed by atoms with E-state index in [2.05, 4.69) is 4.98 Å². The zero-order valence-corrected chi connectivity index (χ0v) is 8.04. The quantitative estimate of drug-likeness (QED) is 0.702. The summed E-state index contributed by atoms with van der Waals surface area (Å²) in [6.07, 6.45) is 4.14. The summed E-state index contributed by atoms with van der Waals surface area (Å²) in [4.78, 5) is 14.8. The summed E-state index contributed by atoms with van der Waals surface area (Å²) in [7, 11) is 0. The third-order valence-corrected chi connectivity index (χ3v) is 1.70. The van der Waals surface area contributed by atoms with Crippen molar-refractivity contribution in [3.63, 3.8) is 0 Å². The molecule has 0 saturated heterocycles. The average Bonchev–Trinajstić information content (AvgIpc) is 2.09. The van der Waals surface area contributed by atoms with Gasteiger partial charge in [-0.15, -0.1) is 0 Å². The zero-order chi connectivity index (χ0) is 9.68. The van der Waals surface area contributed by atoms with Gasteiger partial charge in [0.05, 0.1) is 0 Å². The number of aromatic nitrogens is 1. The first-order valence-corrected chi connectivity index (χ1v) is 4.42. The predicted molar refractivity (Wildman–Crippen MR) is 49.8 cm³/mol. The first-order chi connectivity index (χ1) is 6.24. The highest BCUT2D eigenvalue weighted by Gasteiger charge is 2.06. The van der Waals surface area contributed by atoms with Crippen molar-refractivity contribution in [2.45, 2.75) is 19.8 Å². The zero-order valence-electron chi connectivity index (χ0n) is 7.29. The molecule has 0 N–H and O–H groups in total. The lowest BCUT2D eigenvalue weighted by molar-refractivity contribution is -0.134. The fourth-order valence-corrected chi connectivity index (χ4v) is 0.981. The van der Waals surface area contributed by atoms with Gasteiger partial charge in [0.15, 0.2) is 5.75 Å². The van der Waals surface area contributed by atoms with Crippen molar-refractivity contribution in [2.75, 3.05) is 0 Å². The second-order valence-electron chi connectivity index (χ2n) is 2.53. The van der Waals surface area contributed by atoms with Gasteiger partial charge >= 0.3 is 5.97 Å². The second-order valence-corrected chi connectivity index (χ2v) is 2.94. The fraction of sp³-hybridized carbons (Fsp3) is 0.333. The molecule has 3 nitrogen and oxygen atoms in total.